The molecule has 2 aliphatic heterocycles. The van der Waals surface area contributed by atoms with Gasteiger partial charge in [0, 0.05) is 62.5 Å². The Balaban J connectivity index is 0.000000152. The summed E-state index contributed by atoms with van der Waals surface area (Å²) in [6, 6.07) is 7.94. The number of Topliss-reactive ketones (excluding diaryl/α,β-unsaturated/α-hetero) is 2. The Labute approximate surface area is 280 Å². The number of pyridine rings is 2. The fourth-order valence-electron chi connectivity index (χ4n) is 7.82. The number of rotatable bonds is 5. The van der Waals surface area contributed by atoms with Crippen molar-refractivity contribution >= 4 is 29.0 Å². The van der Waals surface area contributed by atoms with Crippen molar-refractivity contribution in [2.75, 3.05) is 32.8 Å². The van der Waals surface area contributed by atoms with E-state index in [-0.39, 0.29) is 30.0 Å². The Morgan fingerprint density at radius 1 is 0.792 bits per heavy atom. The van der Waals surface area contributed by atoms with Crippen molar-refractivity contribution in [3.63, 3.8) is 0 Å². The summed E-state index contributed by atoms with van der Waals surface area (Å²) in [5, 5.41) is 38.2. The lowest BCUT2D eigenvalue weighted by Crippen LogP contribution is -2.36. The summed E-state index contributed by atoms with van der Waals surface area (Å²) in [5.74, 6) is -0.260. The monoisotopic (exact) mass is 644 g/mol. The minimum Gasteiger partial charge on any atom is -0.393 e. The molecule has 0 aromatic carbocycles. The Kier molecular flexibility index (Phi) is 8.27. The van der Waals surface area contributed by atoms with Crippen LogP contribution in [0.2, 0.25) is 0 Å². The molecule has 10 nitrogen and oxygen atoms in total. The molecule has 246 valence electrons. The van der Waals surface area contributed by atoms with Crippen LogP contribution in [0.1, 0.15) is 91.1 Å². The van der Waals surface area contributed by atoms with Gasteiger partial charge in [0.2, 0.25) is 0 Å². The molecule has 2 spiro atoms. The first-order valence-electron chi connectivity index (χ1n) is 17.0. The van der Waals surface area contributed by atoms with E-state index in [0.717, 1.165) is 85.5 Å². The van der Waals surface area contributed by atoms with Gasteiger partial charge in [-0.25, -0.2) is 0 Å². The van der Waals surface area contributed by atoms with Crippen LogP contribution in [0.5, 0.6) is 0 Å². The molecule has 1 atom stereocenters. The van der Waals surface area contributed by atoms with E-state index < -0.39 is 12.7 Å². The molecule has 4 fully saturated rings. The van der Waals surface area contributed by atoms with E-state index in [1.54, 1.807) is 24.5 Å². The number of nitrogens with zero attached hydrogens (tertiary/aromatic N) is 6. The molecule has 0 radical (unpaired) electrons. The number of fused-ring (bicyclic) bond motifs is 2. The number of aliphatic hydroxyl groups excluding tert-OH is 2. The number of aromatic nitrogens is 2. The van der Waals surface area contributed by atoms with Gasteiger partial charge in [0.1, 0.15) is 29.4 Å². The zero-order valence-corrected chi connectivity index (χ0v) is 27.2. The maximum Gasteiger partial charge on any atom is 0.179 e. The van der Waals surface area contributed by atoms with E-state index in [2.05, 4.69) is 38.5 Å². The smallest absolute Gasteiger partial charge is 0.179 e. The molecule has 2 aromatic heterocycles. The number of hydrogen-bond acceptors (Lipinski definition) is 10. The molecule has 0 bridgehead atoms. The Morgan fingerprint density at radius 3 is 1.67 bits per heavy atom. The van der Waals surface area contributed by atoms with Crippen LogP contribution in [-0.4, -0.2) is 74.3 Å². The third kappa shape index (κ3) is 5.85. The van der Waals surface area contributed by atoms with Crippen molar-refractivity contribution in [3.05, 3.63) is 75.9 Å². The highest BCUT2D eigenvalue weighted by Crippen LogP contribution is 2.55. The number of allylic oxidation sites excluding steroid dienone is 2. The Bertz CT molecular complexity index is 1830. The van der Waals surface area contributed by atoms with E-state index >= 15 is 0 Å². The van der Waals surface area contributed by atoms with Gasteiger partial charge in [0.25, 0.3) is 0 Å². The molecule has 1 unspecified atom stereocenters. The first-order chi connectivity index (χ1) is 23.2. The van der Waals surface area contributed by atoms with Crippen molar-refractivity contribution in [1.82, 2.24) is 19.8 Å². The number of ketones is 2. The fraction of sp³-hybridized carbons (Fsp3) is 0.474. The number of piperidine rings is 2. The topological polar surface area (TPSA) is 154 Å². The van der Waals surface area contributed by atoms with Crippen molar-refractivity contribution in [3.8, 4) is 12.1 Å². The van der Waals surface area contributed by atoms with Crippen LogP contribution >= 0.6 is 0 Å². The number of carbonyl (C=O) groups is 2. The van der Waals surface area contributed by atoms with Gasteiger partial charge in [-0.3, -0.25) is 19.6 Å². The molecule has 2 aromatic rings. The third-order valence-electron chi connectivity index (χ3n) is 11.4. The van der Waals surface area contributed by atoms with E-state index in [9.17, 15) is 30.3 Å². The van der Waals surface area contributed by atoms with Gasteiger partial charge in [-0.2, -0.15) is 10.5 Å². The summed E-state index contributed by atoms with van der Waals surface area (Å²) < 4.78 is 0. The summed E-state index contributed by atoms with van der Waals surface area (Å²) in [7, 11) is 0. The van der Waals surface area contributed by atoms with Gasteiger partial charge >= 0.3 is 0 Å². The van der Waals surface area contributed by atoms with E-state index in [4.69, 9.17) is 0 Å². The summed E-state index contributed by atoms with van der Waals surface area (Å²) in [6.07, 6.45) is 14.2. The third-order valence-corrected chi connectivity index (χ3v) is 11.4. The van der Waals surface area contributed by atoms with Gasteiger partial charge in [-0.1, -0.05) is 6.58 Å². The zero-order chi connectivity index (χ0) is 33.6. The number of carbonyl (C=O) groups excluding carboxylic acids is 2. The molecule has 2 saturated heterocycles. The molecule has 4 heterocycles. The average molecular weight is 645 g/mol. The molecule has 6 aliphatic rings. The first kappa shape index (κ1) is 31.9. The van der Waals surface area contributed by atoms with Gasteiger partial charge in [0.15, 0.2) is 11.6 Å². The zero-order valence-electron chi connectivity index (χ0n) is 27.2. The second kappa shape index (κ2) is 12.4. The van der Waals surface area contributed by atoms with Crippen molar-refractivity contribution in [2.45, 2.75) is 70.3 Å². The maximum atomic E-state index is 12.4. The Morgan fingerprint density at radius 2 is 1.25 bits per heavy atom. The van der Waals surface area contributed by atoms with Gasteiger partial charge in [0.05, 0.1) is 29.4 Å². The molecule has 2 saturated carbocycles. The van der Waals surface area contributed by atoms with Crippen LogP contribution in [0, 0.1) is 33.5 Å². The first-order valence-corrected chi connectivity index (χ1v) is 17.0. The summed E-state index contributed by atoms with van der Waals surface area (Å²) in [5.41, 5.74) is 7.69. The lowest BCUT2D eigenvalue weighted by atomic mass is 9.86. The van der Waals surface area contributed by atoms with Gasteiger partial charge in [-0.15, -0.1) is 0 Å². The predicted molar refractivity (Wildman–Crippen MR) is 178 cm³/mol. The highest BCUT2D eigenvalue weighted by Gasteiger charge is 2.46. The SMILES string of the molecule is C=Cc1cc2c(cn1)CC(=O)C(C#N)=C2N1CCC2(CC1)CC2.N#CC1=C(N2CCC3(CC2)CC3)c2cc(C(O)CO)ncc2CC1=O. The van der Waals surface area contributed by atoms with E-state index in [1.165, 1.54) is 25.7 Å². The fourth-order valence-corrected chi connectivity index (χ4v) is 7.82. The van der Waals surface area contributed by atoms with Gasteiger partial charge < -0.3 is 20.0 Å². The molecule has 48 heavy (non-hydrogen) atoms. The molecule has 8 rings (SSSR count). The molecular formula is C38H40N6O4. The maximum absolute atomic E-state index is 12.4. The molecule has 0 amide bonds. The van der Waals surface area contributed by atoms with Crippen molar-refractivity contribution < 1.29 is 19.8 Å². The summed E-state index contributed by atoms with van der Waals surface area (Å²) >= 11 is 0. The van der Waals surface area contributed by atoms with Crippen LogP contribution in [-0.2, 0) is 22.4 Å². The van der Waals surface area contributed by atoms with Crippen molar-refractivity contribution in [1.29, 1.82) is 10.5 Å². The van der Waals surface area contributed by atoms with E-state index in [0.29, 0.717) is 27.8 Å². The second-order valence-corrected chi connectivity index (χ2v) is 14.3. The number of aliphatic hydroxyl groups is 2. The minimum absolute atomic E-state index is 0.0881. The highest BCUT2D eigenvalue weighted by atomic mass is 16.3. The minimum atomic E-state index is -1.06. The van der Waals surface area contributed by atoms with Gasteiger partial charge in [-0.05, 0) is 91.5 Å². The van der Waals surface area contributed by atoms with Crippen LogP contribution in [0.4, 0.5) is 0 Å². The van der Waals surface area contributed by atoms with Crippen LogP contribution < -0.4 is 0 Å². The standard InChI is InChI=1S/C19H21N3O3.C19H19N3O/c20-9-14-16(24)7-12-10-21-15(17(25)11-23)8-13(12)18(14)22-5-3-19(1-2-19)4-6-22;1-2-14-10-15-13(12-21-14)9-17(23)16(11-20)18(15)22-7-5-19(3-4-19)6-8-22/h8,10,17,23,25H,1-7,11H2;2,10,12H,1,3-9H2. The number of nitriles is 2. The highest BCUT2D eigenvalue weighted by molar-refractivity contribution is 6.10. The van der Waals surface area contributed by atoms with E-state index in [1.807, 2.05) is 6.07 Å². The summed E-state index contributed by atoms with van der Waals surface area (Å²) in [4.78, 5) is 37.7. The number of hydrogen-bond donors (Lipinski definition) is 2. The number of likely N-dealkylation sites (tertiary alicyclic amines) is 2. The predicted octanol–water partition coefficient (Wildman–Crippen LogP) is 4.30. The van der Waals surface area contributed by atoms with Crippen LogP contribution in [0.3, 0.4) is 0 Å². The van der Waals surface area contributed by atoms with Crippen LogP contribution in [0.15, 0.2) is 42.3 Å². The second-order valence-electron chi connectivity index (χ2n) is 14.3. The van der Waals surface area contributed by atoms with Crippen molar-refractivity contribution in [2.24, 2.45) is 10.8 Å². The normalized spacial score (nSPS) is 22.2. The lowest BCUT2D eigenvalue weighted by Gasteiger charge is -2.37. The lowest BCUT2D eigenvalue weighted by molar-refractivity contribution is -0.115. The Hall–Kier alpha value is -4.64. The molecule has 10 heteroatoms. The quantitative estimate of drug-likeness (QED) is 0.481. The summed E-state index contributed by atoms with van der Waals surface area (Å²) in [6.45, 7) is 6.90. The average Bonchev–Trinajstić information content (AvgIpc) is 4.05. The molecule has 4 aliphatic carbocycles. The largest absolute Gasteiger partial charge is 0.393 e. The molecular weight excluding hydrogens is 604 g/mol. The molecule has 2 N–H and O–H groups in total. The van der Waals surface area contributed by atoms with Crippen LogP contribution in [0.25, 0.3) is 17.5 Å².